The second-order valence-electron chi connectivity index (χ2n) is 6.30. The van der Waals surface area contributed by atoms with Gasteiger partial charge in [0.05, 0.1) is 17.0 Å². The first-order valence-corrected chi connectivity index (χ1v) is 10.0. The van der Waals surface area contributed by atoms with Crippen LogP contribution in [0.15, 0.2) is 48.8 Å². The van der Waals surface area contributed by atoms with Crippen molar-refractivity contribution >= 4 is 26.6 Å². The Kier molecular flexibility index (Phi) is 4.09. The largest absolute Gasteiger partial charge is 0.369 e. The fourth-order valence-electron chi connectivity index (χ4n) is 3.11. The number of nitrogens with zero attached hydrogens (tertiary/aromatic N) is 3. The van der Waals surface area contributed by atoms with E-state index in [0.29, 0.717) is 18.8 Å². The van der Waals surface area contributed by atoms with Crippen molar-refractivity contribution in [2.24, 2.45) is 5.92 Å². The smallest absolute Gasteiger partial charge is 0.163 e. The molecule has 0 bridgehead atoms. The van der Waals surface area contributed by atoms with Crippen LogP contribution in [0.1, 0.15) is 6.42 Å². The van der Waals surface area contributed by atoms with Crippen molar-refractivity contribution in [3.63, 3.8) is 0 Å². The van der Waals surface area contributed by atoms with Crippen LogP contribution in [0.3, 0.4) is 0 Å². The van der Waals surface area contributed by atoms with Crippen molar-refractivity contribution in [2.45, 2.75) is 6.42 Å². The van der Waals surface area contributed by atoms with Gasteiger partial charge in [-0.25, -0.2) is 18.4 Å². The lowest BCUT2D eigenvalue weighted by Crippen LogP contribution is -2.16. The zero-order valence-corrected chi connectivity index (χ0v) is 14.4. The lowest BCUT2D eigenvalue weighted by molar-refractivity contribution is 0.596. The molecule has 2 aromatic heterocycles. The highest BCUT2D eigenvalue weighted by Gasteiger charge is 2.27. The van der Waals surface area contributed by atoms with Gasteiger partial charge in [0.15, 0.2) is 15.7 Å². The first kappa shape index (κ1) is 16.0. The third-order valence-electron chi connectivity index (χ3n) is 4.41. The van der Waals surface area contributed by atoms with E-state index in [-0.39, 0.29) is 17.4 Å². The number of anilines is 1. The molecule has 1 N–H and O–H groups in total. The molecule has 0 radical (unpaired) electrons. The van der Waals surface area contributed by atoms with Gasteiger partial charge in [-0.2, -0.15) is 0 Å². The first-order chi connectivity index (χ1) is 12.1. The van der Waals surface area contributed by atoms with Gasteiger partial charge in [0, 0.05) is 29.9 Å². The van der Waals surface area contributed by atoms with Crippen LogP contribution in [0, 0.1) is 5.92 Å². The maximum Gasteiger partial charge on any atom is 0.163 e. The summed E-state index contributed by atoms with van der Waals surface area (Å²) in [4.78, 5) is 13.4. The Balaban J connectivity index is 1.67. The third-order valence-corrected chi connectivity index (χ3v) is 6.24. The molecule has 0 amide bonds. The number of para-hydroxylation sites is 1. The number of pyridine rings is 1. The average Bonchev–Trinajstić information content (AvgIpc) is 2.99. The normalized spacial score (nSPS) is 19.1. The van der Waals surface area contributed by atoms with Gasteiger partial charge in [-0.05, 0) is 36.6 Å². The summed E-state index contributed by atoms with van der Waals surface area (Å²) in [6.45, 7) is 0.590. The molecule has 1 unspecified atom stereocenters. The molecule has 1 aromatic carbocycles. The van der Waals surface area contributed by atoms with Crippen LogP contribution in [-0.2, 0) is 9.84 Å². The van der Waals surface area contributed by atoms with Crippen LogP contribution >= 0.6 is 0 Å². The molecule has 3 aromatic rings. The van der Waals surface area contributed by atoms with Crippen LogP contribution < -0.4 is 5.32 Å². The Hall–Kier alpha value is -2.54. The summed E-state index contributed by atoms with van der Waals surface area (Å²) in [7, 11) is -2.87. The van der Waals surface area contributed by atoms with Crippen LogP contribution in [0.5, 0.6) is 0 Å². The Morgan fingerprint density at radius 3 is 2.76 bits per heavy atom. The summed E-state index contributed by atoms with van der Waals surface area (Å²) in [6, 6.07) is 11.6. The van der Waals surface area contributed by atoms with Crippen LogP contribution in [0.2, 0.25) is 0 Å². The molecule has 0 spiro atoms. The minimum absolute atomic E-state index is 0.126. The van der Waals surface area contributed by atoms with Crippen molar-refractivity contribution in [1.82, 2.24) is 15.0 Å². The second-order valence-corrected chi connectivity index (χ2v) is 8.53. The molecule has 6 nitrogen and oxygen atoms in total. The van der Waals surface area contributed by atoms with Gasteiger partial charge in [0.25, 0.3) is 0 Å². The molecule has 25 heavy (non-hydrogen) atoms. The van der Waals surface area contributed by atoms with E-state index in [2.05, 4.69) is 20.3 Å². The summed E-state index contributed by atoms with van der Waals surface area (Å²) in [5.41, 5.74) is 1.69. The molecule has 3 heterocycles. The fourth-order valence-corrected chi connectivity index (χ4v) is 4.97. The molecular weight excluding hydrogens is 336 g/mol. The third kappa shape index (κ3) is 3.46. The lowest BCUT2D eigenvalue weighted by Gasteiger charge is -2.13. The highest BCUT2D eigenvalue weighted by atomic mass is 32.2. The van der Waals surface area contributed by atoms with Crippen molar-refractivity contribution < 1.29 is 8.42 Å². The topological polar surface area (TPSA) is 84.8 Å². The Morgan fingerprint density at radius 2 is 2.00 bits per heavy atom. The zero-order chi connectivity index (χ0) is 17.3. The van der Waals surface area contributed by atoms with E-state index in [1.54, 1.807) is 12.4 Å². The molecule has 0 saturated carbocycles. The number of aromatic nitrogens is 3. The average molecular weight is 354 g/mol. The van der Waals surface area contributed by atoms with E-state index < -0.39 is 9.84 Å². The number of fused-ring (bicyclic) bond motifs is 1. The van der Waals surface area contributed by atoms with Crippen molar-refractivity contribution in [3.05, 3.63) is 48.8 Å². The van der Waals surface area contributed by atoms with E-state index in [4.69, 9.17) is 0 Å². The van der Waals surface area contributed by atoms with Crippen molar-refractivity contribution in [2.75, 3.05) is 23.4 Å². The quantitative estimate of drug-likeness (QED) is 0.775. The standard InChI is InChI=1S/C18H18N4O2S/c23-25(24)9-7-13(12-25)10-20-18-15-5-1-2-6-16(15)21-17(22-18)14-4-3-8-19-11-14/h1-6,8,11,13H,7,9-10,12H2,(H,20,21,22). The minimum atomic E-state index is -2.87. The molecule has 1 saturated heterocycles. The van der Waals surface area contributed by atoms with Crippen LogP contribution in [0.25, 0.3) is 22.3 Å². The predicted octanol–water partition coefficient (Wildman–Crippen LogP) is 2.54. The van der Waals surface area contributed by atoms with Gasteiger partial charge in [-0.3, -0.25) is 4.98 Å². The van der Waals surface area contributed by atoms with Gasteiger partial charge < -0.3 is 5.32 Å². The fraction of sp³-hybridized carbons (Fsp3) is 0.278. The molecule has 0 aliphatic carbocycles. The molecule has 1 aliphatic rings. The van der Waals surface area contributed by atoms with Gasteiger partial charge in [0.1, 0.15) is 5.82 Å². The van der Waals surface area contributed by atoms with Gasteiger partial charge in [-0.15, -0.1) is 0 Å². The second kappa shape index (κ2) is 6.40. The maximum absolute atomic E-state index is 11.6. The Bertz CT molecular complexity index is 1010. The first-order valence-electron chi connectivity index (χ1n) is 8.22. The van der Waals surface area contributed by atoms with Crippen LogP contribution in [-0.4, -0.2) is 41.4 Å². The minimum Gasteiger partial charge on any atom is -0.369 e. The Labute approximate surface area is 146 Å². The van der Waals surface area contributed by atoms with Gasteiger partial charge >= 0.3 is 0 Å². The molecule has 128 valence electrons. The number of hydrogen-bond donors (Lipinski definition) is 1. The molecule has 1 aliphatic heterocycles. The van der Waals surface area contributed by atoms with E-state index in [1.165, 1.54) is 0 Å². The number of benzene rings is 1. The number of nitrogens with one attached hydrogen (secondary N) is 1. The predicted molar refractivity (Wildman–Crippen MR) is 98.0 cm³/mol. The number of rotatable bonds is 4. The van der Waals surface area contributed by atoms with Gasteiger partial charge in [-0.1, -0.05) is 12.1 Å². The molecular formula is C18H18N4O2S. The highest BCUT2D eigenvalue weighted by Crippen LogP contribution is 2.26. The molecule has 1 atom stereocenters. The van der Waals surface area contributed by atoms with Crippen molar-refractivity contribution in [3.8, 4) is 11.4 Å². The van der Waals surface area contributed by atoms with Crippen molar-refractivity contribution in [1.29, 1.82) is 0 Å². The van der Waals surface area contributed by atoms with Crippen LogP contribution in [0.4, 0.5) is 5.82 Å². The summed E-state index contributed by atoms with van der Waals surface area (Å²) in [6.07, 6.45) is 4.15. The summed E-state index contributed by atoms with van der Waals surface area (Å²) in [5, 5.41) is 4.27. The zero-order valence-electron chi connectivity index (χ0n) is 13.6. The summed E-state index contributed by atoms with van der Waals surface area (Å²) < 4.78 is 23.3. The molecule has 7 heteroatoms. The molecule has 4 rings (SSSR count). The highest BCUT2D eigenvalue weighted by molar-refractivity contribution is 7.91. The Morgan fingerprint density at radius 1 is 1.12 bits per heavy atom. The number of hydrogen-bond acceptors (Lipinski definition) is 6. The lowest BCUT2D eigenvalue weighted by atomic mass is 10.1. The maximum atomic E-state index is 11.6. The summed E-state index contributed by atoms with van der Waals surface area (Å²) >= 11 is 0. The monoisotopic (exact) mass is 354 g/mol. The van der Waals surface area contributed by atoms with Gasteiger partial charge in [0.2, 0.25) is 0 Å². The van der Waals surface area contributed by atoms with E-state index in [9.17, 15) is 8.42 Å². The van der Waals surface area contributed by atoms with E-state index >= 15 is 0 Å². The van der Waals surface area contributed by atoms with E-state index in [1.807, 2.05) is 36.4 Å². The SMILES string of the molecule is O=S1(=O)CCC(CNc2nc(-c3cccnc3)nc3ccccc23)C1. The molecule has 1 fully saturated rings. The van der Waals surface area contributed by atoms with E-state index in [0.717, 1.165) is 22.3 Å². The number of sulfone groups is 1. The summed E-state index contributed by atoms with van der Waals surface area (Å²) in [5.74, 6) is 1.99.